The largest absolute Gasteiger partial charge is 0.382 e. The van der Waals surface area contributed by atoms with Gasteiger partial charge in [-0.1, -0.05) is 35.3 Å². The van der Waals surface area contributed by atoms with Crippen LogP contribution in [0.5, 0.6) is 0 Å². The Labute approximate surface area is 187 Å². The molecule has 10 heteroatoms. The van der Waals surface area contributed by atoms with Crippen molar-refractivity contribution >= 4 is 46.6 Å². The lowest BCUT2D eigenvalue weighted by atomic mass is 9.74. The van der Waals surface area contributed by atoms with Crippen molar-refractivity contribution in [3.8, 4) is 0 Å². The van der Waals surface area contributed by atoms with Gasteiger partial charge in [0.05, 0.1) is 12.2 Å². The normalized spacial score (nSPS) is 22.8. The van der Waals surface area contributed by atoms with Crippen LogP contribution in [0.2, 0.25) is 10.0 Å². The van der Waals surface area contributed by atoms with Crippen molar-refractivity contribution in [2.45, 2.75) is 30.7 Å². The summed E-state index contributed by atoms with van der Waals surface area (Å²) < 4.78 is 15.9. The number of pyridine rings is 1. The number of aliphatic hydroxyl groups is 1. The zero-order valence-corrected chi connectivity index (χ0v) is 18.0. The summed E-state index contributed by atoms with van der Waals surface area (Å²) in [7, 11) is 0. The van der Waals surface area contributed by atoms with E-state index >= 15 is 4.39 Å². The summed E-state index contributed by atoms with van der Waals surface area (Å²) in [5, 5.41) is 16.9. The van der Waals surface area contributed by atoms with Crippen molar-refractivity contribution in [1.29, 1.82) is 0 Å². The third-order valence-electron chi connectivity index (χ3n) is 5.07. The van der Waals surface area contributed by atoms with Crippen LogP contribution < -0.4 is 10.6 Å². The van der Waals surface area contributed by atoms with Crippen molar-refractivity contribution in [1.82, 2.24) is 15.6 Å². The van der Waals surface area contributed by atoms with Crippen LogP contribution in [0, 0.1) is 0 Å². The van der Waals surface area contributed by atoms with Gasteiger partial charge in [-0.3, -0.25) is 14.6 Å². The number of fused-ring (bicyclic) bond motifs is 1. The molecule has 0 saturated carbocycles. The van der Waals surface area contributed by atoms with Crippen LogP contribution in [0.3, 0.4) is 0 Å². The van der Waals surface area contributed by atoms with E-state index in [1.807, 2.05) is 0 Å². The highest BCUT2D eigenvalue weighted by Crippen LogP contribution is 2.45. The van der Waals surface area contributed by atoms with Crippen LogP contribution in [0.15, 0.2) is 36.5 Å². The Kier molecular flexibility index (Phi) is 6.87. The van der Waals surface area contributed by atoms with E-state index in [-0.39, 0.29) is 43.1 Å². The molecule has 6 nitrogen and oxygen atoms in total. The van der Waals surface area contributed by atoms with Gasteiger partial charge in [-0.15, -0.1) is 11.6 Å². The molecule has 0 fully saturated rings. The number of alkyl halides is 2. The van der Waals surface area contributed by atoms with Gasteiger partial charge >= 0.3 is 0 Å². The molecule has 2 amide bonds. The van der Waals surface area contributed by atoms with Crippen LogP contribution in [0.1, 0.15) is 29.7 Å². The Bertz CT molecular complexity index is 977. The van der Waals surface area contributed by atoms with Gasteiger partial charge in [0, 0.05) is 28.4 Å². The number of nitrogens with zero attached hydrogens (tertiary/aromatic N) is 1. The summed E-state index contributed by atoms with van der Waals surface area (Å²) >= 11 is 17.4. The zero-order chi connectivity index (χ0) is 21.9. The molecule has 0 saturated heterocycles. The van der Waals surface area contributed by atoms with Gasteiger partial charge in [-0.25, -0.2) is 4.39 Å². The standard InChI is InChI=1S/C20H19Cl3FN3O3/c21-9-16(28)27-11-19(30)5-6-20(24,14-2-1-7-25-17(14)19)18(29)26-10-12-3-4-13(22)8-15(12)23/h1-4,7-8,30H,5-6,9-11H2,(H,26,29)(H,27,28)/t19-,20-/m0/s1. The lowest BCUT2D eigenvalue weighted by molar-refractivity contribution is -0.137. The van der Waals surface area contributed by atoms with Gasteiger partial charge in [0.25, 0.3) is 5.91 Å². The number of hydrogen-bond acceptors (Lipinski definition) is 4. The average Bonchev–Trinajstić information content (AvgIpc) is 2.74. The van der Waals surface area contributed by atoms with E-state index in [9.17, 15) is 14.7 Å². The Morgan fingerprint density at radius 2 is 1.97 bits per heavy atom. The fraction of sp³-hybridized carbons (Fsp3) is 0.350. The Hall–Kier alpha value is -1.93. The molecule has 2 aromatic rings. The second-order valence-corrected chi connectivity index (χ2v) is 8.17. The first kappa shape index (κ1) is 22.7. The molecular weight excluding hydrogens is 456 g/mol. The number of halogens is 4. The third kappa shape index (κ3) is 4.54. The van der Waals surface area contributed by atoms with E-state index in [1.165, 1.54) is 24.4 Å². The molecule has 0 spiro atoms. The SMILES string of the molecule is O=C(CCl)NC[C@@]1(O)CC[C@@](F)(C(=O)NCc2ccc(Cl)cc2Cl)c2cccnc21. The summed E-state index contributed by atoms with van der Waals surface area (Å²) in [4.78, 5) is 28.4. The van der Waals surface area contributed by atoms with E-state index in [2.05, 4.69) is 15.6 Å². The molecule has 1 heterocycles. The average molecular weight is 475 g/mol. The fourth-order valence-corrected chi connectivity index (χ4v) is 3.98. The van der Waals surface area contributed by atoms with Gasteiger partial charge < -0.3 is 15.7 Å². The number of benzene rings is 1. The lowest BCUT2D eigenvalue weighted by Crippen LogP contribution is -2.51. The molecule has 1 aliphatic carbocycles. The second kappa shape index (κ2) is 9.06. The monoisotopic (exact) mass is 473 g/mol. The van der Waals surface area contributed by atoms with Crippen LogP contribution in [0.4, 0.5) is 4.39 Å². The molecule has 0 unspecified atom stereocenters. The minimum Gasteiger partial charge on any atom is -0.382 e. The first-order chi connectivity index (χ1) is 14.2. The zero-order valence-electron chi connectivity index (χ0n) is 15.7. The summed E-state index contributed by atoms with van der Waals surface area (Å²) in [5.74, 6) is -1.61. The van der Waals surface area contributed by atoms with Crippen molar-refractivity contribution in [2.24, 2.45) is 0 Å². The van der Waals surface area contributed by atoms with E-state index in [0.29, 0.717) is 15.6 Å². The highest BCUT2D eigenvalue weighted by atomic mass is 35.5. The molecule has 160 valence electrons. The minimum absolute atomic E-state index is 0.00610. The molecule has 30 heavy (non-hydrogen) atoms. The Morgan fingerprint density at radius 1 is 1.20 bits per heavy atom. The maximum atomic E-state index is 15.9. The van der Waals surface area contributed by atoms with Crippen molar-refractivity contribution in [3.63, 3.8) is 0 Å². The van der Waals surface area contributed by atoms with Gasteiger partial charge in [0.2, 0.25) is 11.6 Å². The molecule has 1 aromatic carbocycles. The molecule has 3 rings (SSSR count). The number of carbonyl (C=O) groups is 2. The quantitative estimate of drug-likeness (QED) is 0.561. The van der Waals surface area contributed by atoms with E-state index < -0.39 is 23.1 Å². The van der Waals surface area contributed by atoms with E-state index in [0.717, 1.165) is 0 Å². The summed E-state index contributed by atoms with van der Waals surface area (Å²) in [5.41, 5.74) is -3.47. The van der Waals surface area contributed by atoms with Gasteiger partial charge in [0.1, 0.15) is 11.5 Å². The predicted molar refractivity (Wildman–Crippen MR) is 112 cm³/mol. The first-order valence-corrected chi connectivity index (χ1v) is 10.4. The third-order valence-corrected chi connectivity index (χ3v) is 5.90. The van der Waals surface area contributed by atoms with E-state index in [1.54, 1.807) is 12.1 Å². The maximum absolute atomic E-state index is 15.9. The summed E-state index contributed by atoms with van der Waals surface area (Å²) in [6.07, 6.45) is 0.981. The van der Waals surface area contributed by atoms with E-state index in [4.69, 9.17) is 34.8 Å². The fourth-order valence-electron chi connectivity index (χ4n) is 3.41. The summed E-state index contributed by atoms with van der Waals surface area (Å²) in [6, 6.07) is 7.69. The number of amides is 2. The highest BCUT2D eigenvalue weighted by molar-refractivity contribution is 6.35. The number of nitrogens with one attached hydrogen (secondary N) is 2. The number of rotatable bonds is 6. The maximum Gasteiger partial charge on any atom is 0.262 e. The molecule has 0 radical (unpaired) electrons. The molecule has 0 aliphatic heterocycles. The van der Waals surface area contributed by atoms with Crippen molar-refractivity contribution in [2.75, 3.05) is 12.4 Å². The predicted octanol–water partition coefficient (Wildman–Crippen LogP) is 3.21. The molecule has 0 bridgehead atoms. The Morgan fingerprint density at radius 3 is 2.67 bits per heavy atom. The van der Waals surface area contributed by atoms with Gasteiger partial charge in [-0.05, 0) is 36.6 Å². The lowest BCUT2D eigenvalue weighted by Gasteiger charge is -2.39. The van der Waals surface area contributed by atoms with Gasteiger partial charge in [-0.2, -0.15) is 0 Å². The number of hydrogen-bond donors (Lipinski definition) is 3. The highest BCUT2D eigenvalue weighted by Gasteiger charge is 2.52. The molecule has 3 N–H and O–H groups in total. The molecule has 1 aliphatic rings. The minimum atomic E-state index is -2.40. The van der Waals surface area contributed by atoms with Crippen LogP contribution in [-0.2, 0) is 27.4 Å². The summed E-state index contributed by atoms with van der Waals surface area (Å²) in [6.45, 7) is -0.188. The van der Waals surface area contributed by atoms with Crippen LogP contribution in [-0.4, -0.2) is 34.3 Å². The molecular formula is C20H19Cl3FN3O3. The topological polar surface area (TPSA) is 91.3 Å². The number of aromatic nitrogens is 1. The van der Waals surface area contributed by atoms with Gasteiger partial charge in [0.15, 0.2) is 0 Å². The molecule has 1 aromatic heterocycles. The van der Waals surface area contributed by atoms with Crippen LogP contribution in [0.25, 0.3) is 0 Å². The van der Waals surface area contributed by atoms with Crippen LogP contribution >= 0.6 is 34.8 Å². The molecule has 2 atom stereocenters. The smallest absolute Gasteiger partial charge is 0.262 e. The Balaban J connectivity index is 1.82. The second-order valence-electron chi connectivity index (χ2n) is 7.06. The van der Waals surface area contributed by atoms with Crippen molar-refractivity contribution in [3.05, 3.63) is 63.4 Å². The first-order valence-electron chi connectivity index (χ1n) is 9.12. The number of carbonyl (C=O) groups excluding carboxylic acids is 2. The van der Waals surface area contributed by atoms with Crippen molar-refractivity contribution < 1.29 is 19.1 Å².